The van der Waals surface area contributed by atoms with E-state index in [0.29, 0.717) is 6.61 Å². The lowest BCUT2D eigenvalue weighted by Crippen LogP contribution is -2.46. The predicted octanol–water partition coefficient (Wildman–Crippen LogP) is 0.175. The Labute approximate surface area is 76.2 Å². The molecule has 4 nitrogen and oxygen atoms in total. The number of hydrogen-bond donors (Lipinski definition) is 2. The van der Waals surface area contributed by atoms with E-state index in [1.54, 1.807) is 18.7 Å². The minimum atomic E-state index is -0.361. The van der Waals surface area contributed by atoms with Crippen molar-refractivity contribution in [2.24, 2.45) is 5.73 Å². The van der Waals surface area contributed by atoms with Gasteiger partial charge in [0.1, 0.15) is 0 Å². The van der Waals surface area contributed by atoms with Gasteiger partial charge < -0.3 is 15.8 Å². The lowest BCUT2D eigenvalue weighted by Gasteiger charge is -2.15. The summed E-state index contributed by atoms with van der Waals surface area (Å²) in [6.07, 6.45) is -0.361. The molecule has 2 atom stereocenters. The van der Waals surface area contributed by atoms with Crippen molar-refractivity contribution in [1.82, 2.24) is 5.32 Å². The molecule has 0 aromatic carbocycles. The minimum Gasteiger partial charge on any atom is -0.450 e. The van der Waals surface area contributed by atoms with Crippen LogP contribution in [0, 0.1) is 0 Å². The Bertz CT molecular complexity index is 165. The largest absolute Gasteiger partial charge is 0.450 e. The van der Waals surface area contributed by atoms with E-state index in [2.05, 4.69) is 5.32 Å². The number of hydrogen-bond acceptors (Lipinski definition) is 4. The number of nitrogens with one attached hydrogen (secondary N) is 1. The van der Waals surface area contributed by atoms with Crippen LogP contribution in [0.4, 0.5) is 4.79 Å². The van der Waals surface area contributed by atoms with E-state index >= 15 is 0 Å². The maximum absolute atomic E-state index is 10.9. The van der Waals surface area contributed by atoms with Gasteiger partial charge in [0.05, 0.1) is 12.6 Å². The molecule has 1 fully saturated rings. The van der Waals surface area contributed by atoms with Crippen molar-refractivity contribution in [2.45, 2.75) is 19.0 Å². The first kappa shape index (κ1) is 9.67. The maximum Gasteiger partial charge on any atom is 0.407 e. The van der Waals surface area contributed by atoms with Crippen LogP contribution in [0.2, 0.25) is 0 Å². The molecule has 0 aliphatic carbocycles. The Balaban J connectivity index is 2.25. The summed E-state index contributed by atoms with van der Waals surface area (Å²) in [4.78, 5) is 10.9. The Morgan fingerprint density at radius 3 is 3.00 bits per heavy atom. The molecule has 1 heterocycles. The highest BCUT2D eigenvalue weighted by Gasteiger charge is 2.25. The van der Waals surface area contributed by atoms with E-state index in [0.717, 1.165) is 11.5 Å². The van der Waals surface area contributed by atoms with Crippen LogP contribution < -0.4 is 11.1 Å². The zero-order valence-corrected chi connectivity index (χ0v) is 7.89. The van der Waals surface area contributed by atoms with Gasteiger partial charge in [-0.3, -0.25) is 0 Å². The van der Waals surface area contributed by atoms with E-state index in [1.807, 2.05) is 0 Å². The number of rotatable bonds is 2. The summed E-state index contributed by atoms with van der Waals surface area (Å²) in [5.74, 6) is 1.80. The van der Waals surface area contributed by atoms with Crippen molar-refractivity contribution in [3.63, 3.8) is 0 Å². The van der Waals surface area contributed by atoms with Gasteiger partial charge in [-0.1, -0.05) is 0 Å². The van der Waals surface area contributed by atoms with Crippen LogP contribution in [-0.4, -0.2) is 36.3 Å². The van der Waals surface area contributed by atoms with Crippen LogP contribution in [0.3, 0.4) is 0 Å². The first-order chi connectivity index (χ1) is 5.74. The quantitative estimate of drug-likeness (QED) is 0.651. The smallest absolute Gasteiger partial charge is 0.407 e. The molecule has 0 bridgehead atoms. The summed E-state index contributed by atoms with van der Waals surface area (Å²) in [6, 6.07) is 0.147. The average Bonchev–Trinajstić information content (AvgIpc) is 2.37. The maximum atomic E-state index is 10.9. The molecule has 1 aliphatic heterocycles. The van der Waals surface area contributed by atoms with Crippen LogP contribution in [0.25, 0.3) is 0 Å². The highest BCUT2D eigenvalue weighted by molar-refractivity contribution is 7.99. The topological polar surface area (TPSA) is 64.3 Å². The molecule has 70 valence electrons. The Morgan fingerprint density at radius 2 is 2.50 bits per heavy atom. The lowest BCUT2D eigenvalue weighted by atomic mass is 10.2. The lowest BCUT2D eigenvalue weighted by molar-refractivity contribution is 0.148. The summed E-state index contributed by atoms with van der Waals surface area (Å²) >= 11 is 1.76. The molecule has 5 heteroatoms. The molecule has 0 spiro atoms. The van der Waals surface area contributed by atoms with Crippen molar-refractivity contribution in [2.75, 3.05) is 18.1 Å². The molecule has 0 saturated carbocycles. The van der Waals surface area contributed by atoms with Gasteiger partial charge in [-0.25, -0.2) is 4.79 Å². The van der Waals surface area contributed by atoms with E-state index in [4.69, 9.17) is 10.5 Å². The molecule has 1 aliphatic rings. The number of alkyl carbamates (subject to hydrolysis) is 1. The fraction of sp³-hybridized carbons (Fsp3) is 0.857. The number of thioether (sulfide) groups is 1. The summed E-state index contributed by atoms with van der Waals surface area (Å²) < 4.78 is 4.74. The van der Waals surface area contributed by atoms with Crippen LogP contribution in [0.15, 0.2) is 0 Å². The fourth-order valence-electron chi connectivity index (χ4n) is 1.04. The Kier molecular flexibility index (Phi) is 3.68. The number of ether oxygens (including phenoxy) is 1. The molecule has 1 saturated heterocycles. The van der Waals surface area contributed by atoms with E-state index < -0.39 is 0 Å². The number of nitrogens with two attached hydrogens (primary N) is 1. The predicted molar refractivity (Wildman–Crippen MR) is 49.2 cm³/mol. The normalized spacial score (nSPS) is 28.5. The average molecular weight is 190 g/mol. The molecule has 12 heavy (non-hydrogen) atoms. The molecule has 0 aromatic heterocycles. The summed E-state index contributed by atoms with van der Waals surface area (Å²) in [7, 11) is 0. The molecule has 0 radical (unpaired) electrons. The molecule has 3 N–H and O–H groups in total. The van der Waals surface area contributed by atoms with Crippen molar-refractivity contribution in [3.05, 3.63) is 0 Å². The first-order valence-corrected chi connectivity index (χ1v) is 5.16. The Hall–Kier alpha value is -0.420. The van der Waals surface area contributed by atoms with Crippen molar-refractivity contribution < 1.29 is 9.53 Å². The molecule has 1 amide bonds. The second-order valence-electron chi connectivity index (χ2n) is 2.67. The van der Waals surface area contributed by atoms with E-state index in [-0.39, 0.29) is 18.2 Å². The summed E-state index contributed by atoms with van der Waals surface area (Å²) in [5, 5.41) is 2.72. The second kappa shape index (κ2) is 4.57. The van der Waals surface area contributed by atoms with E-state index in [9.17, 15) is 4.79 Å². The third-order valence-corrected chi connectivity index (χ3v) is 2.92. The first-order valence-electron chi connectivity index (χ1n) is 4.00. The molecule has 0 aromatic rings. The second-order valence-corrected chi connectivity index (χ2v) is 3.75. The fourth-order valence-corrected chi connectivity index (χ4v) is 2.27. The highest BCUT2D eigenvalue weighted by Crippen LogP contribution is 2.16. The zero-order chi connectivity index (χ0) is 8.97. The standard InChI is InChI=1S/C7H14N2O2S/c1-2-11-7(10)9-6-4-12-3-5(6)8/h5-6H,2-4,8H2,1H3,(H,9,10). The van der Waals surface area contributed by atoms with E-state index in [1.165, 1.54) is 0 Å². The van der Waals surface area contributed by atoms with Crippen LogP contribution in [-0.2, 0) is 4.74 Å². The van der Waals surface area contributed by atoms with Crippen molar-refractivity contribution in [3.8, 4) is 0 Å². The number of carbonyl (C=O) groups excluding carboxylic acids is 1. The summed E-state index contributed by atoms with van der Waals surface area (Å²) in [6.45, 7) is 2.18. The van der Waals surface area contributed by atoms with Crippen molar-refractivity contribution >= 4 is 17.9 Å². The van der Waals surface area contributed by atoms with Crippen LogP contribution >= 0.6 is 11.8 Å². The molecule has 2 unspecified atom stereocenters. The van der Waals surface area contributed by atoms with Gasteiger partial charge in [0, 0.05) is 17.5 Å². The monoisotopic (exact) mass is 190 g/mol. The highest BCUT2D eigenvalue weighted by atomic mass is 32.2. The minimum absolute atomic E-state index is 0.0689. The van der Waals surface area contributed by atoms with Gasteiger partial charge in [0.25, 0.3) is 0 Å². The van der Waals surface area contributed by atoms with Crippen LogP contribution in [0.5, 0.6) is 0 Å². The summed E-state index contributed by atoms with van der Waals surface area (Å²) in [5.41, 5.74) is 5.73. The Morgan fingerprint density at radius 1 is 1.75 bits per heavy atom. The van der Waals surface area contributed by atoms with Crippen molar-refractivity contribution in [1.29, 1.82) is 0 Å². The zero-order valence-electron chi connectivity index (χ0n) is 7.08. The van der Waals surface area contributed by atoms with Gasteiger partial charge in [0.2, 0.25) is 0 Å². The molecular weight excluding hydrogens is 176 g/mol. The van der Waals surface area contributed by atoms with Gasteiger partial charge in [0.15, 0.2) is 0 Å². The third kappa shape index (κ3) is 2.57. The number of carbonyl (C=O) groups is 1. The van der Waals surface area contributed by atoms with Crippen LogP contribution in [0.1, 0.15) is 6.92 Å². The number of amides is 1. The van der Waals surface area contributed by atoms with Gasteiger partial charge in [-0.15, -0.1) is 0 Å². The van der Waals surface area contributed by atoms with Gasteiger partial charge >= 0.3 is 6.09 Å². The van der Waals surface area contributed by atoms with Gasteiger partial charge in [-0.05, 0) is 6.92 Å². The third-order valence-electron chi connectivity index (χ3n) is 1.70. The molecule has 1 rings (SSSR count). The molecular formula is C7H14N2O2S. The SMILES string of the molecule is CCOC(=O)NC1CSCC1N. The van der Waals surface area contributed by atoms with Gasteiger partial charge in [-0.2, -0.15) is 11.8 Å².